The molecular formula is C13H11N3O2. The van der Waals surface area contributed by atoms with Crippen LogP contribution in [0.1, 0.15) is 15.9 Å². The van der Waals surface area contributed by atoms with Crippen LogP contribution in [0.5, 0.6) is 0 Å². The molecule has 3 N–H and O–H groups in total. The number of H-pyrrole nitrogens is 1. The minimum atomic E-state index is -0.240. The number of carbonyl (C=O) groups excluding carboxylic acids is 1. The first-order valence-electron chi connectivity index (χ1n) is 5.29. The number of nitrogens with one attached hydrogen (secondary N) is 2. The summed E-state index contributed by atoms with van der Waals surface area (Å²) in [5.74, 6) is 5.08. The molecular weight excluding hydrogens is 230 g/mol. The maximum atomic E-state index is 11.8. The molecule has 0 aliphatic carbocycles. The first kappa shape index (κ1) is 11.9. The molecule has 1 aromatic heterocycles. The molecule has 1 aromatic carbocycles. The highest BCUT2D eigenvalue weighted by molar-refractivity contribution is 6.03. The van der Waals surface area contributed by atoms with Crippen molar-refractivity contribution in [3.05, 3.63) is 47.8 Å². The molecule has 0 saturated heterocycles. The van der Waals surface area contributed by atoms with Crippen LogP contribution in [0.15, 0.2) is 36.7 Å². The van der Waals surface area contributed by atoms with Gasteiger partial charge < -0.3 is 10.4 Å². The SMILES string of the molecule is O=C(Nc1cccc(C#CCO)c1)c1cn[nH]c1. The molecule has 2 rings (SSSR count). The van der Waals surface area contributed by atoms with Gasteiger partial charge in [0.1, 0.15) is 6.61 Å². The fourth-order valence-corrected chi connectivity index (χ4v) is 1.39. The lowest BCUT2D eigenvalue weighted by Gasteiger charge is -2.03. The predicted octanol–water partition coefficient (Wildman–Crippen LogP) is 1.01. The zero-order valence-corrected chi connectivity index (χ0v) is 9.47. The normalized spacial score (nSPS) is 9.39. The van der Waals surface area contributed by atoms with Gasteiger partial charge in [-0.15, -0.1) is 0 Å². The van der Waals surface area contributed by atoms with Crippen molar-refractivity contribution in [2.24, 2.45) is 0 Å². The highest BCUT2D eigenvalue weighted by atomic mass is 16.2. The number of carbonyl (C=O) groups is 1. The third-order valence-corrected chi connectivity index (χ3v) is 2.19. The van der Waals surface area contributed by atoms with Gasteiger partial charge in [0.25, 0.3) is 5.91 Å². The highest BCUT2D eigenvalue weighted by Crippen LogP contribution is 2.11. The monoisotopic (exact) mass is 241 g/mol. The second-order valence-electron chi connectivity index (χ2n) is 3.48. The van der Waals surface area contributed by atoms with Crippen LogP contribution in [-0.4, -0.2) is 27.8 Å². The summed E-state index contributed by atoms with van der Waals surface area (Å²) in [7, 11) is 0. The van der Waals surface area contributed by atoms with E-state index in [4.69, 9.17) is 5.11 Å². The fourth-order valence-electron chi connectivity index (χ4n) is 1.39. The van der Waals surface area contributed by atoms with E-state index in [2.05, 4.69) is 27.4 Å². The van der Waals surface area contributed by atoms with Crippen molar-refractivity contribution in [2.75, 3.05) is 11.9 Å². The van der Waals surface area contributed by atoms with Gasteiger partial charge in [0.2, 0.25) is 0 Å². The summed E-state index contributed by atoms with van der Waals surface area (Å²) in [6.07, 6.45) is 2.97. The van der Waals surface area contributed by atoms with Gasteiger partial charge >= 0.3 is 0 Å². The quantitative estimate of drug-likeness (QED) is 0.686. The summed E-state index contributed by atoms with van der Waals surface area (Å²) in [5, 5.41) is 17.6. The van der Waals surface area contributed by atoms with E-state index in [1.165, 1.54) is 12.4 Å². The summed E-state index contributed by atoms with van der Waals surface area (Å²) in [6.45, 7) is -0.189. The number of aliphatic hydroxyl groups excluding tert-OH is 1. The van der Waals surface area contributed by atoms with Crippen LogP contribution < -0.4 is 5.32 Å². The zero-order chi connectivity index (χ0) is 12.8. The second-order valence-corrected chi connectivity index (χ2v) is 3.48. The van der Waals surface area contributed by atoms with Crippen molar-refractivity contribution in [1.82, 2.24) is 10.2 Å². The third kappa shape index (κ3) is 2.97. The van der Waals surface area contributed by atoms with Crippen LogP contribution in [0.3, 0.4) is 0 Å². The molecule has 0 unspecified atom stereocenters. The van der Waals surface area contributed by atoms with Crippen LogP contribution in [0.25, 0.3) is 0 Å². The van der Waals surface area contributed by atoms with E-state index >= 15 is 0 Å². The number of aromatic nitrogens is 2. The molecule has 90 valence electrons. The molecule has 1 heterocycles. The van der Waals surface area contributed by atoms with Crippen LogP contribution in [0.4, 0.5) is 5.69 Å². The highest BCUT2D eigenvalue weighted by Gasteiger charge is 2.06. The number of rotatable bonds is 2. The number of aliphatic hydroxyl groups is 1. The topological polar surface area (TPSA) is 78.0 Å². The molecule has 0 spiro atoms. The lowest BCUT2D eigenvalue weighted by Crippen LogP contribution is -2.10. The van der Waals surface area contributed by atoms with E-state index in [1.807, 2.05) is 0 Å². The van der Waals surface area contributed by atoms with Crippen molar-refractivity contribution in [1.29, 1.82) is 0 Å². The Morgan fingerprint density at radius 3 is 3.11 bits per heavy atom. The standard InChI is InChI=1S/C13H11N3O2/c17-6-2-4-10-3-1-5-12(7-10)16-13(18)11-8-14-15-9-11/h1,3,5,7-9,17H,6H2,(H,14,15)(H,16,18). The summed E-state index contributed by atoms with van der Waals surface area (Å²) < 4.78 is 0. The number of aromatic amines is 1. The Balaban J connectivity index is 2.12. The molecule has 18 heavy (non-hydrogen) atoms. The van der Waals surface area contributed by atoms with Crippen molar-refractivity contribution < 1.29 is 9.90 Å². The first-order valence-corrected chi connectivity index (χ1v) is 5.29. The maximum absolute atomic E-state index is 11.8. The van der Waals surface area contributed by atoms with Gasteiger partial charge in [0.15, 0.2) is 0 Å². The average molecular weight is 241 g/mol. The molecule has 0 fully saturated rings. The molecule has 5 nitrogen and oxygen atoms in total. The van der Waals surface area contributed by atoms with Gasteiger partial charge in [-0.05, 0) is 18.2 Å². The van der Waals surface area contributed by atoms with Crippen LogP contribution >= 0.6 is 0 Å². The Kier molecular flexibility index (Phi) is 3.74. The van der Waals surface area contributed by atoms with Crippen LogP contribution in [0.2, 0.25) is 0 Å². The number of benzene rings is 1. The molecule has 0 aliphatic heterocycles. The molecule has 2 aromatic rings. The number of anilines is 1. The van der Waals surface area contributed by atoms with Gasteiger partial charge in [-0.3, -0.25) is 9.89 Å². The summed E-state index contributed by atoms with van der Waals surface area (Å²) in [6, 6.07) is 7.09. The smallest absolute Gasteiger partial charge is 0.258 e. The lowest BCUT2D eigenvalue weighted by molar-refractivity contribution is 0.102. The van der Waals surface area contributed by atoms with E-state index in [9.17, 15) is 4.79 Å². The Morgan fingerprint density at radius 1 is 1.50 bits per heavy atom. The van der Waals surface area contributed by atoms with Crippen LogP contribution in [-0.2, 0) is 0 Å². The van der Waals surface area contributed by atoms with Crippen LogP contribution in [0, 0.1) is 11.8 Å². The Bertz CT molecular complexity index is 594. The summed E-state index contributed by atoms with van der Waals surface area (Å²) in [5.41, 5.74) is 1.84. The first-order chi connectivity index (χ1) is 8.79. The zero-order valence-electron chi connectivity index (χ0n) is 9.47. The van der Waals surface area contributed by atoms with Gasteiger partial charge in [-0.1, -0.05) is 17.9 Å². The van der Waals surface area contributed by atoms with E-state index in [-0.39, 0.29) is 12.5 Å². The average Bonchev–Trinajstić information content (AvgIpc) is 2.91. The van der Waals surface area contributed by atoms with E-state index in [1.54, 1.807) is 24.3 Å². The predicted molar refractivity (Wildman–Crippen MR) is 66.9 cm³/mol. The second kappa shape index (κ2) is 5.66. The lowest BCUT2D eigenvalue weighted by atomic mass is 10.2. The number of hydrogen-bond acceptors (Lipinski definition) is 3. The number of hydrogen-bond donors (Lipinski definition) is 3. The van der Waals surface area contributed by atoms with Crippen molar-refractivity contribution in [3.63, 3.8) is 0 Å². The molecule has 1 amide bonds. The van der Waals surface area contributed by atoms with Gasteiger partial charge in [-0.2, -0.15) is 5.10 Å². The molecule has 5 heteroatoms. The minimum absolute atomic E-state index is 0.189. The Morgan fingerprint density at radius 2 is 2.39 bits per heavy atom. The summed E-state index contributed by atoms with van der Waals surface area (Å²) in [4.78, 5) is 11.8. The van der Waals surface area contributed by atoms with Gasteiger partial charge in [0.05, 0.1) is 11.8 Å². The third-order valence-electron chi connectivity index (χ3n) is 2.19. The molecule has 0 aliphatic rings. The van der Waals surface area contributed by atoms with E-state index in [0.717, 1.165) is 5.56 Å². The van der Waals surface area contributed by atoms with Crippen molar-refractivity contribution in [2.45, 2.75) is 0 Å². The Labute approximate surface area is 104 Å². The summed E-state index contributed by atoms with van der Waals surface area (Å²) >= 11 is 0. The van der Waals surface area contributed by atoms with E-state index in [0.29, 0.717) is 11.3 Å². The van der Waals surface area contributed by atoms with E-state index < -0.39 is 0 Å². The molecule has 0 saturated carbocycles. The Hall–Kier alpha value is -2.58. The maximum Gasteiger partial charge on any atom is 0.258 e. The van der Waals surface area contributed by atoms with Gasteiger partial charge in [0, 0.05) is 17.4 Å². The minimum Gasteiger partial charge on any atom is -0.384 e. The molecule has 0 radical (unpaired) electrons. The van der Waals surface area contributed by atoms with Crippen molar-refractivity contribution in [3.8, 4) is 11.8 Å². The van der Waals surface area contributed by atoms with Crippen molar-refractivity contribution >= 4 is 11.6 Å². The molecule has 0 bridgehead atoms. The number of amides is 1. The van der Waals surface area contributed by atoms with Gasteiger partial charge in [-0.25, -0.2) is 0 Å². The molecule has 0 atom stereocenters. The fraction of sp³-hybridized carbons (Fsp3) is 0.0769. The number of nitrogens with zero attached hydrogens (tertiary/aromatic N) is 1. The largest absolute Gasteiger partial charge is 0.384 e.